The molecule has 0 spiro atoms. The van der Waals surface area contributed by atoms with Crippen LogP contribution in [0.15, 0.2) is 35.7 Å². The van der Waals surface area contributed by atoms with Crippen molar-refractivity contribution >= 4 is 23.2 Å². The number of benzene rings is 1. The Balaban J connectivity index is 2.04. The highest BCUT2D eigenvalue weighted by atomic mass is 32.1. The summed E-state index contributed by atoms with van der Waals surface area (Å²) in [6.45, 7) is 1.79. The van der Waals surface area contributed by atoms with Crippen LogP contribution in [-0.2, 0) is 6.42 Å². The molecule has 0 fully saturated rings. The van der Waals surface area contributed by atoms with Gasteiger partial charge in [-0.1, -0.05) is 24.3 Å². The van der Waals surface area contributed by atoms with Crippen molar-refractivity contribution < 1.29 is 19.8 Å². The van der Waals surface area contributed by atoms with Gasteiger partial charge in [-0.25, -0.2) is 4.79 Å². The van der Waals surface area contributed by atoms with Crippen LogP contribution in [0.25, 0.3) is 0 Å². The van der Waals surface area contributed by atoms with Gasteiger partial charge in [-0.15, -0.1) is 11.3 Å². The Hall–Kier alpha value is -2.18. The fraction of sp³-hybridized carbons (Fsp3) is 0.250. The van der Waals surface area contributed by atoms with Crippen molar-refractivity contribution in [2.45, 2.75) is 19.4 Å². The summed E-state index contributed by atoms with van der Waals surface area (Å²) in [5.41, 5.74) is 2.24. The van der Waals surface area contributed by atoms with E-state index in [1.165, 1.54) is 11.4 Å². The van der Waals surface area contributed by atoms with Crippen LogP contribution in [0.2, 0.25) is 0 Å². The molecule has 0 aliphatic heterocycles. The number of hydrogen-bond donors (Lipinski definition) is 3. The van der Waals surface area contributed by atoms with Crippen LogP contribution in [0.5, 0.6) is 0 Å². The number of carboxylic acid groups (broad SMARTS) is 1. The lowest BCUT2D eigenvalue weighted by Gasteiger charge is -2.17. The molecule has 3 N–H and O–H groups in total. The molecule has 1 amide bonds. The van der Waals surface area contributed by atoms with Gasteiger partial charge in [0, 0.05) is 5.38 Å². The summed E-state index contributed by atoms with van der Waals surface area (Å²) in [4.78, 5) is 23.3. The van der Waals surface area contributed by atoms with Gasteiger partial charge in [-0.3, -0.25) is 4.79 Å². The van der Waals surface area contributed by atoms with Crippen LogP contribution >= 0.6 is 11.3 Å². The summed E-state index contributed by atoms with van der Waals surface area (Å²) in [7, 11) is 0. The molecule has 0 saturated carbocycles. The number of aliphatic hydroxyl groups is 1. The van der Waals surface area contributed by atoms with Gasteiger partial charge < -0.3 is 15.5 Å². The second-order valence-electron chi connectivity index (χ2n) is 4.99. The minimum absolute atomic E-state index is 0.0922. The first-order chi connectivity index (χ1) is 10.5. The summed E-state index contributed by atoms with van der Waals surface area (Å²) < 4.78 is 0. The van der Waals surface area contributed by atoms with Gasteiger partial charge in [0.2, 0.25) is 0 Å². The zero-order valence-electron chi connectivity index (χ0n) is 12.1. The molecule has 1 atom stereocenters. The van der Waals surface area contributed by atoms with E-state index in [4.69, 9.17) is 5.11 Å². The van der Waals surface area contributed by atoms with Crippen molar-refractivity contribution in [1.29, 1.82) is 0 Å². The Morgan fingerprint density at radius 3 is 2.64 bits per heavy atom. The second kappa shape index (κ2) is 7.20. The molecule has 0 radical (unpaired) electrons. The smallest absolute Gasteiger partial charge is 0.336 e. The highest BCUT2D eigenvalue weighted by Crippen LogP contribution is 2.15. The van der Waals surface area contributed by atoms with Gasteiger partial charge >= 0.3 is 5.97 Å². The lowest BCUT2D eigenvalue weighted by atomic mass is 10.0. The molecule has 0 bridgehead atoms. The van der Waals surface area contributed by atoms with E-state index in [0.29, 0.717) is 11.3 Å². The topological polar surface area (TPSA) is 86.6 Å². The molecular formula is C16H17NO4S. The summed E-state index contributed by atoms with van der Waals surface area (Å²) in [5.74, 6) is -1.43. The first-order valence-corrected chi connectivity index (χ1v) is 7.67. The maximum absolute atomic E-state index is 12.1. The fourth-order valence-electron chi connectivity index (χ4n) is 2.09. The normalized spacial score (nSPS) is 11.9. The Labute approximate surface area is 132 Å². The highest BCUT2D eigenvalue weighted by Gasteiger charge is 2.17. The van der Waals surface area contributed by atoms with Crippen LogP contribution in [0, 0.1) is 6.92 Å². The van der Waals surface area contributed by atoms with Gasteiger partial charge in [-0.2, -0.15) is 0 Å². The van der Waals surface area contributed by atoms with E-state index in [9.17, 15) is 14.7 Å². The van der Waals surface area contributed by atoms with Gasteiger partial charge in [0.05, 0.1) is 23.1 Å². The summed E-state index contributed by atoms with van der Waals surface area (Å²) in [5, 5.41) is 22.5. The zero-order chi connectivity index (χ0) is 16.1. The number of aromatic carboxylic acids is 1. The standard InChI is InChI=1S/C16H17NO4S/c1-10-4-2-3-5-11(10)6-13(8-18)17-15(19)14-7-12(9-22-14)16(20)21/h2-5,7,9,13,18H,6,8H2,1H3,(H,17,19)(H,20,21). The van der Waals surface area contributed by atoms with E-state index in [0.717, 1.165) is 22.5 Å². The average Bonchev–Trinajstić information content (AvgIpc) is 2.99. The molecule has 2 aromatic rings. The Kier molecular flexibility index (Phi) is 5.30. The predicted octanol–water partition coefficient (Wildman–Crippen LogP) is 2.09. The lowest BCUT2D eigenvalue weighted by Crippen LogP contribution is -2.38. The second-order valence-corrected chi connectivity index (χ2v) is 5.90. The number of aliphatic hydroxyl groups excluding tert-OH is 1. The number of thiophene rings is 1. The molecule has 1 heterocycles. The molecule has 116 valence electrons. The van der Waals surface area contributed by atoms with Crippen molar-refractivity contribution in [3.8, 4) is 0 Å². The number of nitrogens with one attached hydrogen (secondary N) is 1. The van der Waals surface area contributed by atoms with Gasteiger partial charge in [0.25, 0.3) is 5.91 Å². The van der Waals surface area contributed by atoms with Crippen molar-refractivity contribution in [1.82, 2.24) is 5.32 Å². The van der Waals surface area contributed by atoms with E-state index in [2.05, 4.69) is 5.32 Å². The molecule has 0 aliphatic carbocycles. The van der Waals surface area contributed by atoms with Gasteiger partial charge in [-0.05, 0) is 30.5 Å². The number of carboxylic acids is 1. The van der Waals surface area contributed by atoms with E-state index in [-0.39, 0.29) is 18.1 Å². The summed E-state index contributed by atoms with van der Waals surface area (Å²) >= 11 is 1.07. The van der Waals surface area contributed by atoms with E-state index >= 15 is 0 Å². The van der Waals surface area contributed by atoms with Crippen LogP contribution < -0.4 is 5.32 Å². The minimum Gasteiger partial charge on any atom is -0.478 e. The van der Waals surface area contributed by atoms with Gasteiger partial charge in [0.1, 0.15) is 0 Å². The Bertz CT molecular complexity index is 680. The van der Waals surface area contributed by atoms with E-state index in [1.54, 1.807) is 0 Å². The molecule has 22 heavy (non-hydrogen) atoms. The number of hydrogen-bond acceptors (Lipinski definition) is 4. The molecule has 1 aromatic heterocycles. The van der Waals surface area contributed by atoms with Crippen molar-refractivity contribution in [2.24, 2.45) is 0 Å². The van der Waals surface area contributed by atoms with Crippen LogP contribution in [-0.4, -0.2) is 34.7 Å². The quantitative estimate of drug-likeness (QED) is 0.761. The number of carbonyl (C=O) groups is 2. The number of carbonyl (C=O) groups excluding carboxylic acids is 1. The van der Waals surface area contributed by atoms with Crippen molar-refractivity contribution in [3.05, 3.63) is 57.3 Å². The minimum atomic E-state index is -1.06. The third-order valence-corrected chi connectivity index (χ3v) is 4.28. The first kappa shape index (κ1) is 16.2. The maximum atomic E-state index is 12.1. The number of aryl methyl sites for hydroxylation is 1. The summed E-state index contributed by atoms with van der Waals surface area (Å²) in [6, 6.07) is 8.71. The van der Waals surface area contributed by atoms with Crippen LogP contribution in [0.4, 0.5) is 0 Å². The molecule has 1 aromatic carbocycles. The molecule has 2 rings (SSSR count). The zero-order valence-corrected chi connectivity index (χ0v) is 12.9. The number of rotatable bonds is 6. The van der Waals surface area contributed by atoms with Crippen molar-refractivity contribution in [2.75, 3.05) is 6.61 Å². The van der Waals surface area contributed by atoms with E-state index in [1.807, 2.05) is 31.2 Å². The van der Waals surface area contributed by atoms with Crippen LogP contribution in [0.3, 0.4) is 0 Å². The maximum Gasteiger partial charge on any atom is 0.336 e. The van der Waals surface area contributed by atoms with Crippen LogP contribution in [0.1, 0.15) is 31.2 Å². The molecule has 0 saturated heterocycles. The molecule has 0 aliphatic rings. The Morgan fingerprint density at radius 1 is 1.32 bits per heavy atom. The number of amides is 1. The molecule has 1 unspecified atom stereocenters. The highest BCUT2D eigenvalue weighted by molar-refractivity contribution is 7.12. The largest absolute Gasteiger partial charge is 0.478 e. The average molecular weight is 319 g/mol. The fourth-order valence-corrected chi connectivity index (χ4v) is 2.87. The molecule has 5 nitrogen and oxygen atoms in total. The SMILES string of the molecule is Cc1ccccc1CC(CO)NC(=O)c1cc(C(=O)O)cs1. The molecular weight excluding hydrogens is 302 g/mol. The monoisotopic (exact) mass is 319 g/mol. The first-order valence-electron chi connectivity index (χ1n) is 6.79. The van der Waals surface area contributed by atoms with E-state index < -0.39 is 12.0 Å². The lowest BCUT2D eigenvalue weighted by molar-refractivity contribution is 0.0697. The van der Waals surface area contributed by atoms with Gasteiger partial charge in [0.15, 0.2) is 0 Å². The Morgan fingerprint density at radius 2 is 2.05 bits per heavy atom. The third kappa shape index (κ3) is 3.93. The predicted molar refractivity (Wildman–Crippen MR) is 84.5 cm³/mol. The molecule has 6 heteroatoms. The summed E-state index contributed by atoms with van der Waals surface area (Å²) in [6.07, 6.45) is 0.520. The third-order valence-electron chi connectivity index (χ3n) is 3.35. The van der Waals surface area contributed by atoms with Crippen molar-refractivity contribution in [3.63, 3.8) is 0 Å².